The van der Waals surface area contributed by atoms with E-state index in [0.29, 0.717) is 17.0 Å². The molecular formula is C28H46N6O5Si2. The van der Waals surface area contributed by atoms with E-state index in [2.05, 4.69) is 76.5 Å². The molecule has 2 aromatic heterocycles. The van der Waals surface area contributed by atoms with Gasteiger partial charge in [0, 0.05) is 21.2 Å². The highest BCUT2D eigenvalue weighted by Gasteiger charge is 2.66. The van der Waals surface area contributed by atoms with Gasteiger partial charge in [0.15, 0.2) is 5.82 Å². The van der Waals surface area contributed by atoms with Crippen molar-refractivity contribution in [2.24, 2.45) is 4.99 Å². The Morgan fingerprint density at radius 2 is 1.73 bits per heavy atom. The minimum atomic E-state index is -2.96. The fourth-order valence-electron chi connectivity index (χ4n) is 6.33. The van der Waals surface area contributed by atoms with Crippen molar-refractivity contribution < 1.29 is 22.4 Å². The van der Waals surface area contributed by atoms with Crippen LogP contribution in [0.5, 0.6) is 0 Å². The molecule has 0 aliphatic carbocycles. The van der Waals surface area contributed by atoms with Gasteiger partial charge in [-0.3, -0.25) is 0 Å². The summed E-state index contributed by atoms with van der Waals surface area (Å²) in [4.78, 5) is 10.7. The van der Waals surface area contributed by atoms with Crippen molar-refractivity contribution in [3.63, 3.8) is 0 Å². The van der Waals surface area contributed by atoms with Crippen molar-refractivity contribution >= 4 is 34.8 Å². The molecule has 4 rings (SSSR count). The normalized spacial score (nSPS) is 28.0. The van der Waals surface area contributed by atoms with Crippen LogP contribution in [0, 0.1) is 11.3 Å². The Balaban J connectivity index is 1.88. The Hall–Kier alpha value is -2.19. The number of hydrogen-bond donors (Lipinski definition) is 0. The second-order valence-corrected chi connectivity index (χ2v) is 21.4. The molecule has 41 heavy (non-hydrogen) atoms. The van der Waals surface area contributed by atoms with Crippen LogP contribution >= 0.6 is 0 Å². The van der Waals surface area contributed by atoms with Crippen molar-refractivity contribution in [2.45, 2.75) is 101 Å². The maximum Gasteiger partial charge on any atom is 0.335 e. The second-order valence-electron chi connectivity index (χ2n) is 12.5. The standard InChI is InChI=1S/C28H46N6O5Si2/c1-18(2)40(19(3)4)36-14-23-25(38-41(39-40,20(5)6)21(7)8)26(35-11)28(15-29,37-23)24-13-12-22-27(31-17-33(9)10)30-16-32-34(22)24/h12-13,16-21,23,25-26H,14H2,1-11H3/t23-,25-,26-,28+/m1/s1. The molecule has 0 aromatic carbocycles. The van der Waals surface area contributed by atoms with Crippen LogP contribution < -0.4 is 0 Å². The first kappa shape index (κ1) is 31.7. The number of nitriles is 1. The van der Waals surface area contributed by atoms with Gasteiger partial charge in [-0.15, -0.1) is 0 Å². The van der Waals surface area contributed by atoms with Gasteiger partial charge in [-0.2, -0.15) is 10.4 Å². The topological polar surface area (TPSA) is 116 Å². The number of ether oxygens (including phenoxy) is 2. The summed E-state index contributed by atoms with van der Waals surface area (Å²) in [6, 6.07) is 6.15. The fourth-order valence-corrected chi connectivity index (χ4v) is 17.5. The number of methoxy groups -OCH3 is 1. The molecule has 0 spiro atoms. The average Bonchev–Trinajstić information content (AvgIpc) is 3.46. The van der Waals surface area contributed by atoms with Gasteiger partial charge in [-0.1, -0.05) is 55.4 Å². The van der Waals surface area contributed by atoms with Gasteiger partial charge >= 0.3 is 17.1 Å². The van der Waals surface area contributed by atoms with Crippen LogP contribution in [-0.4, -0.2) is 89.1 Å². The quantitative estimate of drug-likeness (QED) is 0.233. The van der Waals surface area contributed by atoms with Crippen LogP contribution in [-0.2, 0) is 28.0 Å². The van der Waals surface area contributed by atoms with E-state index in [1.165, 1.54) is 6.33 Å². The van der Waals surface area contributed by atoms with Gasteiger partial charge < -0.3 is 27.3 Å². The van der Waals surface area contributed by atoms with Crippen LogP contribution in [0.1, 0.15) is 61.1 Å². The van der Waals surface area contributed by atoms with Crippen molar-refractivity contribution in [3.8, 4) is 6.07 Å². The molecule has 2 aliphatic rings. The van der Waals surface area contributed by atoms with Gasteiger partial charge in [-0.05, 0) is 34.3 Å². The lowest BCUT2D eigenvalue weighted by Gasteiger charge is -2.51. The van der Waals surface area contributed by atoms with Gasteiger partial charge in [0.25, 0.3) is 0 Å². The summed E-state index contributed by atoms with van der Waals surface area (Å²) in [6.45, 7) is 17.7. The summed E-state index contributed by atoms with van der Waals surface area (Å²) in [7, 11) is -0.366. The molecule has 2 aliphatic heterocycles. The molecule has 2 saturated heterocycles. The minimum Gasteiger partial charge on any atom is -0.414 e. The van der Waals surface area contributed by atoms with Crippen molar-refractivity contribution in [1.82, 2.24) is 19.5 Å². The first-order chi connectivity index (χ1) is 19.3. The number of nitrogens with zero attached hydrogens (tertiary/aromatic N) is 6. The number of fused-ring (bicyclic) bond motifs is 2. The molecule has 0 saturated carbocycles. The molecular weight excluding hydrogens is 557 g/mol. The molecule has 4 heterocycles. The third-order valence-corrected chi connectivity index (χ3v) is 18.6. The smallest absolute Gasteiger partial charge is 0.335 e. The molecule has 2 fully saturated rings. The molecule has 2 aromatic rings. The van der Waals surface area contributed by atoms with Crippen LogP contribution in [0.25, 0.3) is 5.52 Å². The second kappa shape index (κ2) is 11.8. The van der Waals surface area contributed by atoms with Gasteiger partial charge in [-0.25, -0.2) is 14.5 Å². The number of aromatic nitrogens is 3. The van der Waals surface area contributed by atoms with Crippen LogP contribution in [0.3, 0.4) is 0 Å². The molecule has 11 nitrogen and oxygen atoms in total. The predicted molar refractivity (Wildman–Crippen MR) is 162 cm³/mol. The van der Waals surface area contributed by atoms with Gasteiger partial charge in [0.05, 0.1) is 18.6 Å². The molecule has 0 radical (unpaired) electrons. The van der Waals surface area contributed by atoms with Gasteiger partial charge in [0.2, 0.25) is 5.60 Å². The number of aliphatic imine (C=N–C) groups is 1. The monoisotopic (exact) mass is 602 g/mol. The molecule has 0 N–H and O–H groups in total. The molecule has 226 valence electrons. The summed E-state index contributed by atoms with van der Waals surface area (Å²) in [6.07, 6.45) is 1.21. The Labute approximate surface area is 246 Å². The lowest BCUT2D eigenvalue weighted by atomic mass is 9.92. The zero-order valence-electron chi connectivity index (χ0n) is 26.3. The molecule has 0 unspecified atom stereocenters. The predicted octanol–water partition coefficient (Wildman–Crippen LogP) is 5.04. The highest BCUT2D eigenvalue weighted by Crippen LogP contribution is 2.51. The average molecular weight is 603 g/mol. The maximum absolute atomic E-state index is 10.9. The lowest BCUT2D eigenvalue weighted by Crippen LogP contribution is -2.66. The number of hydrogen-bond acceptors (Lipinski definition) is 9. The van der Waals surface area contributed by atoms with E-state index in [4.69, 9.17) is 22.4 Å². The van der Waals surface area contributed by atoms with Gasteiger partial charge in [0.1, 0.15) is 36.2 Å². The Bertz CT molecular complexity index is 1280. The summed E-state index contributed by atoms with van der Waals surface area (Å²) < 4.78 is 36.0. The maximum atomic E-state index is 10.9. The third-order valence-electron chi connectivity index (χ3n) is 8.38. The lowest BCUT2D eigenvalue weighted by molar-refractivity contribution is -0.0733. The third kappa shape index (κ3) is 5.17. The van der Waals surface area contributed by atoms with Crippen LogP contribution in [0.2, 0.25) is 22.2 Å². The zero-order chi connectivity index (χ0) is 30.3. The molecule has 0 amide bonds. The largest absolute Gasteiger partial charge is 0.414 e. The zero-order valence-corrected chi connectivity index (χ0v) is 28.3. The highest BCUT2D eigenvalue weighted by atomic mass is 28.5. The summed E-state index contributed by atoms with van der Waals surface area (Å²) in [5.41, 5.74) is 0.303. The summed E-state index contributed by atoms with van der Waals surface area (Å²) in [5.74, 6) is 0.481. The van der Waals surface area contributed by atoms with E-state index in [9.17, 15) is 5.26 Å². The Kier molecular flexibility index (Phi) is 9.16. The Morgan fingerprint density at radius 3 is 2.27 bits per heavy atom. The van der Waals surface area contributed by atoms with Crippen molar-refractivity contribution in [3.05, 3.63) is 24.2 Å². The summed E-state index contributed by atoms with van der Waals surface area (Å²) >= 11 is 0. The molecule has 13 heteroatoms. The SMILES string of the molecule is CO[C@@H]1[C@@H]2O[Si](C(C)C)(C(C)C)O[Si](C(C)C)(C(C)C)OC[C@H]2O[C@@]1(C#N)c1ccc2c(N=CN(C)C)ncnn12. The highest BCUT2D eigenvalue weighted by molar-refractivity contribution is 6.84. The van der Waals surface area contributed by atoms with E-state index >= 15 is 0 Å². The fraction of sp³-hybridized carbons (Fsp3) is 0.714. The molecule has 4 atom stereocenters. The number of rotatable bonds is 8. The van der Waals surface area contributed by atoms with E-state index in [1.54, 1.807) is 18.0 Å². The first-order valence-electron chi connectivity index (χ1n) is 14.5. The van der Waals surface area contributed by atoms with Crippen molar-refractivity contribution in [2.75, 3.05) is 27.8 Å². The minimum absolute atomic E-state index is 0.128. The Morgan fingerprint density at radius 1 is 1.10 bits per heavy atom. The van der Waals surface area contributed by atoms with E-state index in [0.717, 1.165) is 0 Å². The van der Waals surface area contributed by atoms with E-state index in [1.807, 2.05) is 31.1 Å². The van der Waals surface area contributed by atoms with Crippen LogP contribution in [0.15, 0.2) is 23.5 Å². The summed E-state index contributed by atoms with van der Waals surface area (Å²) in [5, 5.41) is 15.3. The first-order valence-corrected chi connectivity index (χ1v) is 18.4. The van der Waals surface area contributed by atoms with Crippen LogP contribution in [0.4, 0.5) is 5.82 Å². The van der Waals surface area contributed by atoms with E-state index < -0.39 is 41.0 Å². The van der Waals surface area contributed by atoms with E-state index in [-0.39, 0.29) is 28.8 Å². The molecule has 0 bridgehead atoms. The van der Waals surface area contributed by atoms with Crippen molar-refractivity contribution in [1.29, 1.82) is 5.26 Å².